The first-order valence-electron chi connectivity index (χ1n) is 6.52. The summed E-state index contributed by atoms with van der Waals surface area (Å²) in [5.74, 6) is 0.817. The quantitative estimate of drug-likeness (QED) is 0.571. The predicted octanol–water partition coefficient (Wildman–Crippen LogP) is 2.48. The zero-order valence-electron chi connectivity index (χ0n) is 10.8. The maximum Gasteiger partial charge on any atom is 0.342 e. The van der Waals surface area contributed by atoms with Gasteiger partial charge in [0.2, 0.25) is 0 Å². The highest BCUT2D eigenvalue weighted by Gasteiger charge is 2.44. The summed E-state index contributed by atoms with van der Waals surface area (Å²) in [7, 11) is 0. The molecule has 0 aromatic carbocycles. The van der Waals surface area contributed by atoms with Crippen molar-refractivity contribution in [3.8, 4) is 0 Å². The van der Waals surface area contributed by atoms with E-state index < -0.39 is 0 Å². The van der Waals surface area contributed by atoms with Crippen molar-refractivity contribution in [3.05, 3.63) is 34.6 Å². The number of hydrogen-bond donors (Lipinski definition) is 1. The normalized spacial score (nSPS) is 34.6. The number of aliphatic hydroxyl groups excluding tert-OH is 1. The lowest BCUT2D eigenvalue weighted by Crippen LogP contribution is -2.33. The minimum Gasteiger partial charge on any atom is -0.423 e. The van der Waals surface area contributed by atoms with Gasteiger partial charge >= 0.3 is 5.97 Å². The van der Waals surface area contributed by atoms with E-state index in [0.29, 0.717) is 17.3 Å². The van der Waals surface area contributed by atoms with Gasteiger partial charge < -0.3 is 9.84 Å². The first-order chi connectivity index (χ1) is 8.56. The van der Waals surface area contributed by atoms with Crippen molar-refractivity contribution in [1.82, 2.24) is 0 Å². The van der Waals surface area contributed by atoms with E-state index in [0.717, 1.165) is 24.8 Å². The van der Waals surface area contributed by atoms with Crippen molar-refractivity contribution in [2.45, 2.75) is 33.1 Å². The minimum absolute atomic E-state index is 0.00225. The maximum atomic E-state index is 11.7. The Hall–Kier alpha value is -1.35. The van der Waals surface area contributed by atoms with Crippen LogP contribution in [0.4, 0.5) is 0 Å². The molecule has 3 heteroatoms. The SMILES string of the molecule is CC1=CCCC2CC3=C(CO)C(=O)OC3=CC12C. The van der Waals surface area contributed by atoms with Crippen LogP contribution in [0.3, 0.4) is 0 Å². The highest BCUT2D eigenvalue weighted by molar-refractivity contribution is 5.95. The number of ether oxygens (including phenoxy) is 1. The molecule has 1 heterocycles. The second-order valence-electron chi connectivity index (χ2n) is 5.66. The monoisotopic (exact) mass is 246 g/mol. The van der Waals surface area contributed by atoms with Gasteiger partial charge in [-0.25, -0.2) is 4.79 Å². The highest BCUT2D eigenvalue weighted by Crippen LogP contribution is 2.52. The van der Waals surface area contributed by atoms with Crippen LogP contribution in [-0.2, 0) is 9.53 Å². The van der Waals surface area contributed by atoms with Gasteiger partial charge in [0.25, 0.3) is 0 Å². The Kier molecular flexibility index (Phi) is 2.49. The van der Waals surface area contributed by atoms with Crippen LogP contribution in [-0.4, -0.2) is 17.7 Å². The highest BCUT2D eigenvalue weighted by atomic mass is 16.5. The fourth-order valence-electron chi connectivity index (χ4n) is 3.40. The van der Waals surface area contributed by atoms with Crippen LogP contribution in [0, 0.1) is 11.3 Å². The Bertz CT molecular complexity index is 510. The van der Waals surface area contributed by atoms with Crippen molar-refractivity contribution < 1.29 is 14.6 Å². The molecule has 0 aromatic heterocycles. The Balaban J connectivity index is 2.11. The van der Waals surface area contributed by atoms with Gasteiger partial charge in [0.05, 0.1) is 12.2 Å². The molecule has 0 saturated heterocycles. The molecule has 3 nitrogen and oxygen atoms in total. The van der Waals surface area contributed by atoms with Crippen molar-refractivity contribution >= 4 is 5.97 Å². The van der Waals surface area contributed by atoms with Crippen LogP contribution in [0.5, 0.6) is 0 Å². The molecule has 96 valence electrons. The van der Waals surface area contributed by atoms with E-state index in [4.69, 9.17) is 4.74 Å². The van der Waals surface area contributed by atoms with Gasteiger partial charge in [-0.05, 0) is 38.2 Å². The van der Waals surface area contributed by atoms with E-state index in [1.807, 2.05) is 0 Å². The lowest BCUT2D eigenvalue weighted by molar-refractivity contribution is -0.133. The van der Waals surface area contributed by atoms with E-state index in [1.165, 1.54) is 5.57 Å². The molecular formula is C15H18O3. The third kappa shape index (κ3) is 1.43. The summed E-state index contributed by atoms with van der Waals surface area (Å²) in [6.45, 7) is 4.16. The van der Waals surface area contributed by atoms with Gasteiger partial charge in [0.1, 0.15) is 5.76 Å². The number of rotatable bonds is 1. The Morgan fingerprint density at radius 3 is 3.06 bits per heavy atom. The third-order valence-corrected chi connectivity index (χ3v) is 4.81. The zero-order valence-corrected chi connectivity index (χ0v) is 10.8. The maximum absolute atomic E-state index is 11.7. The van der Waals surface area contributed by atoms with Crippen LogP contribution < -0.4 is 0 Å². The van der Waals surface area contributed by atoms with Crippen LogP contribution in [0.15, 0.2) is 34.6 Å². The molecule has 3 rings (SSSR count). The summed E-state index contributed by atoms with van der Waals surface area (Å²) >= 11 is 0. The van der Waals surface area contributed by atoms with Gasteiger partial charge in [-0.1, -0.05) is 18.6 Å². The number of carbonyl (C=O) groups excluding carboxylic acids is 1. The largest absolute Gasteiger partial charge is 0.423 e. The molecule has 0 bridgehead atoms. The molecular weight excluding hydrogens is 228 g/mol. The topological polar surface area (TPSA) is 46.5 Å². The summed E-state index contributed by atoms with van der Waals surface area (Å²) in [6.07, 6.45) is 7.45. The summed E-state index contributed by atoms with van der Waals surface area (Å²) in [5, 5.41) is 9.29. The van der Waals surface area contributed by atoms with Crippen molar-refractivity contribution in [2.75, 3.05) is 6.61 Å². The molecule has 0 aromatic rings. The van der Waals surface area contributed by atoms with Crippen LogP contribution in [0.25, 0.3) is 0 Å². The average molecular weight is 246 g/mol. The van der Waals surface area contributed by atoms with Crippen LogP contribution in [0.1, 0.15) is 33.1 Å². The van der Waals surface area contributed by atoms with E-state index in [9.17, 15) is 9.90 Å². The summed E-state index contributed by atoms with van der Waals surface area (Å²) < 4.78 is 5.29. The lowest BCUT2D eigenvalue weighted by atomic mass is 9.61. The first kappa shape index (κ1) is 11.7. The van der Waals surface area contributed by atoms with Crippen molar-refractivity contribution in [2.24, 2.45) is 11.3 Å². The van der Waals surface area contributed by atoms with Crippen molar-refractivity contribution in [1.29, 1.82) is 0 Å². The van der Waals surface area contributed by atoms with Gasteiger partial charge in [0.15, 0.2) is 0 Å². The van der Waals surface area contributed by atoms with Gasteiger partial charge in [-0.2, -0.15) is 0 Å². The van der Waals surface area contributed by atoms with Gasteiger partial charge in [-0.15, -0.1) is 0 Å². The molecule has 2 atom stereocenters. The standard InChI is InChI=1S/C15H18O3/c1-9-4-3-5-10-6-11-12(8-16)14(17)18-13(11)7-15(9,10)2/h4,7,10,16H,3,5-6,8H2,1-2H3. The number of carbonyl (C=O) groups is 1. The zero-order chi connectivity index (χ0) is 12.9. The summed E-state index contributed by atoms with van der Waals surface area (Å²) in [5.41, 5.74) is 2.75. The lowest BCUT2D eigenvalue weighted by Gasteiger charge is -2.42. The Labute approximate surface area is 107 Å². The van der Waals surface area contributed by atoms with Gasteiger partial charge in [0, 0.05) is 11.0 Å². The smallest absolute Gasteiger partial charge is 0.342 e. The number of aliphatic hydroxyl groups is 1. The third-order valence-electron chi connectivity index (χ3n) is 4.81. The molecule has 2 aliphatic carbocycles. The summed E-state index contributed by atoms with van der Waals surface area (Å²) in [6, 6.07) is 0. The fourth-order valence-corrected chi connectivity index (χ4v) is 3.40. The molecule has 3 aliphatic rings. The Morgan fingerprint density at radius 1 is 1.56 bits per heavy atom. The number of allylic oxidation sites excluding steroid dienone is 4. The number of esters is 1. The number of fused-ring (bicyclic) bond motifs is 2. The van der Waals surface area contributed by atoms with Crippen LogP contribution in [0.2, 0.25) is 0 Å². The Morgan fingerprint density at radius 2 is 2.33 bits per heavy atom. The summed E-state index contributed by atoms with van der Waals surface area (Å²) in [4.78, 5) is 11.7. The van der Waals surface area contributed by atoms with E-state index >= 15 is 0 Å². The molecule has 1 aliphatic heterocycles. The minimum atomic E-state index is -0.373. The molecule has 1 N–H and O–H groups in total. The molecule has 0 radical (unpaired) electrons. The second-order valence-corrected chi connectivity index (χ2v) is 5.66. The molecule has 0 fully saturated rings. The van der Waals surface area contributed by atoms with Crippen LogP contribution >= 0.6 is 0 Å². The fraction of sp³-hybridized carbons (Fsp3) is 0.533. The average Bonchev–Trinajstić information content (AvgIpc) is 2.62. The van der Waals surface area contributed by atoms with Crippen molar-refractivity contribution in [3.63, 3.8) is 0 Å². The molecule has 0 amide bonds. The number of hydrogen-bond acceptors (Lipinski definition) is 3. The van der Waals surface area contributed by atoms with Gasteiger partial charge in [-0.3, -0.25) is 0 Å². The first-order valence-corrected chi connectivity index (χ1v) is 6.52. The van der Waals surface area contributed by atoms with E-state index in [-0.39, 0.29) is 18.0 Å². The molecule has 18 heavy (non-hydrogen) atoms. The van der Waals surface area contributed by atoms with E-state index in [1.54, 1.807) is 0 Å². The predicted molar refractivity (Wildman–Crippen MR) is 67.5 cm³/mol. The van der Waals surface area contributed by atoms with E-state index in [2.05, 4.69) is 26.0 Å². The molecule has 0 saturated carbocycles. The second kappa shape index (κ2) is 3.82. The molecule has 2 unspecified atom stereocenters. The molecule has 0 spiro atoms.